The Labute approximate surface area is 159 Å². The third-order valence-electron chi connectivity index (χ3n) is 3.47. The molecule has 9 nitrogen and oxygen atoms in total. The van der Waals surface area contributed by atoms with Gasteiger partial charge in [0.1, 0.15) is 5.75 Å². The molecule has 2 aromatic rings. The zero-order chi connectivity index (χ0) is 20.0. The van der Waals surface area contributed by atoms with Crippen molar-refractivity contribution in [2.24, 2.45) is 0 Å². The number of nitro benzene ring substituents is 1. The molecule has 27 heavy (non-hydrogen) atoms. The van der Waals surface area contributed by atoms with Crippen molar-refractivity contribution in [1.82, 2.24) is 0 Å². The first-order valence-corrected chi connectivity index (χ1v) is 8.00. The maximum absolute atomic E-state index is 12.2. The topological polar surface area (TPSA) is 120 Å². The van der Waals surface area contributed by atoms with Gasteiger partial charge in [-0.3, -0.25) is 14.9 Å². The van der Waals surface area contributed by atoms with Gasteiger partial charge in [0.05, 0.1) is 22.6 Å². The van der Waals surface area contributed by atoms with Gasteiger partial charge in [-0.05, 0) is 24.3 Å². The van der Waals surface area contributed by atoms with Crippen molar-refractivity contribution < 1.29 is 24.0 Å². The highest BCUT2D eigenvalue weighted by molar-refractivity contribution is 6.32. The molecular formula is C17H16ClN3O6. The molecule has 2 aromatic carbocycles. The summed E-state index contributed by atoms with van der Waals surface area (Å²) in [4.78, 5) is 34.4. The molecule has 0 unspecified atom stereocenters. The number of nitrogens with one attached hydrogen (secondary N) is 2. The third kappa shape index (κ3) is 5.08. The Morgan fingerprint density at radius 2 is 1.96 bits per heavy atom. The number of hydrogen-bond acceptors (Lipinski definition) is 7. The highest BCUT2D eigenvalue weighted by Gasteiger charge is 2.18. The number of halogens is 1. The summed E-state index contributed by atoms with van der Waals surface area (Å²) in [6.07, 6.45) is 0. The third-order valence-corrected chi connectivity index (χ3v) is 3.77. The molecule has 0 aliphatic rings. The van der Waals surface area contributed by atoms with Crippen molar-refractivity contribution >= 4 is 40.5 Å². The van der Waals surface area contributed by atoms with Crippen molar-refractivity contribution in [2.45, 2.75) is 0 Å². The van der Waals surface area contributed by atoms with Gasteiger partial charge in [0, 0.05) is 30.6 Å². The fraction of sp³-hybridized carbons (Fsp3) is 0.176. The number of hydrogen-bond donors (Lipinski definition) is 2. The molecule has 0 saturated heterocycles. The zero-order valence-electron chi connectivity index (χ0n) is 14.4. The summed E-state index contributed by atoms with van der Waals surface area (Å²) in [6, 6.07) is 8.35. The quantitative estimate of drug-likeness (QED) is 0.421. The lowest BCUT2D eigenvalue weighted by atomic mass is 10.1. The van der Waals surface area contributed by atoms with Crippen LogP contribution in [-0.4, -0.2) is 37.6 Å². The lowest BCUT2D eigenvalue weighted by Gasteiger charge is -2.10. The van der Waals surface area contributed by atoms with E-state index in [0.29, 0.717) is 22.1 Å². The zero-order valence-corrected chi connectivity index (χ0v) is 15.2. The number of carbonyl (C=O) groups excluding carboxylic acids is 2. The smallest absolute Gasteiger partial charge is 0.341 e. The van der Waals surface area contributed by atoms with E-state index >= 15 is 0 Å². The Bertz CT molecular complexity index is 887. The standard InChI is InChI=1S/C17H16ClN3O6/c1-19-14-5-4-11(21(24)25)8-12(14)17(23)27-9-16(22)20-10-3-6-15(26-2)13(18)7-10/h3-8,19H,9H2,1-2H3,(H,20,22). The summed E-state index contributed by atoms with van der Waals surface area (Å²) in [7, 11) is 3.02. The van der Waals surface area contributed by atoms with E-state index in [0.717, 1.165) is 6.07 Å². The Morgan fingerprint density at radius 3 is 2.56 bits per heavy atom. The summed E-state index contributed by atoms with van der Waals surface area (Å²) in [5.74, 6) is -1.02. The summed E-state index contributed by atoms with van der Waals surface area (Å²) in [5, 5.41) is 16.4. The molecule has 0 saturated carbocycles. The van der Waals surface area contributed by atoms with Crippen molar-refractivity contribution in [3.05, 3.63) is 57.1 Å². The van der Waals surface area contributed by atoms with Crippen molar-refractivity contribution in [3.8, 4) is 5.75 Å². The van der Waals surface area contributed by atoms with Crippen LogP contribution in [0.25, 0.3) is 0 Å². The molecule has 142 valence electrons. The molecule has 0 radical (unpaired) electrons. The van der Waals surface area contributed by atoms with Crippen LogP contribution >= 0.6 is 11.6 Å². The first kappa shape index (κ1) is 20.0. The van der Waals surface area contributed by atoms with Gasteiger partial charge >= 0.3 is 5.97 Å². The predicted octanol–water partition coefficient (Wildman–Crippen LogP) is 3.09. The number of ether oxygens (including phenoxy) is 2. The number of amides is 1. The van der Waals surface area contributed by atoms with Crippen molar-refractivity contribution in [1.29, 1.82) is 0 Å². The van der Waals surface area contributed by atoms with Crippen LogP contribution in [0, 0.1) is 10.1 Å². The maximum Gasteiger partial charge on any atom is 0.341 e. The number of nitro groups is 1. The Hall–Kier alpha value is -3.33. The number of carbonyl (C=O) groups is 2. The van der Waals surface area contributed by atoms with Crippen LogP contribution < -0.4 is 15.4 Å². The first-order chi connectivity index (χ1) is 12.8. The second-order valence-corrected chi connectivity index (χ2v) is 5.62. The minimum atomic E-state index is -0.869. The molecule has 2 rings (SSSR count). The molecule has 0 atom stereocenters. The highest BCUT2D eigenvalue weighted by Crippen LogP contribution is 2.27. The van der Waals surface area contributed by atoms with E-state index in [2.05, 4.69) is 10.6 Å². The fourth-order valence-electron chi connectivity index (χ4n) is 2.18. The number of benzene rings is 2. The van der Waals surface area contributed by atoms with E-state index in [1.54, 1.807) is 19.2 Å². The molecule has 0 aliphatic heterocycles. The van der Waals surface area contributed by atoms with E-state index in [1.807, 2.05) is 0 Å². The van der Waals surface area contributed by atoms with Crippen LogP contribution in [0.3, 0.4) is 0 Å². The average Bonchev–Trinajstić information content (AvgIpc) is 2.65. The fourth-order valence-corrected chi connectivity index (χ4v) is 2.44. The molecule has 0 aliphatic carbocycles. The van der Waals surface area contributed by atoms with Crippen molar-refractivity contribution in [3.63, 3.8) is 0 Å². The van der Waals surface area contributed by atoms with Crippen LogP contribution in [0.15, 0.2) is 36.4 Å². The van der Waals surface area contributed by atoms with Gasteiger partial charge in [-0.2, -0.15) is 0 Å². The van der Waals surface area contributed by atoms with Gasteiger partial charge in [-0.15, -0.1) is 0 Å². The van der Waals surface area contributed by atoms with Gasteiger partial charge in [0.25, 0.3) is 11.6 Å². The molecular weight excluding hydrogens is 378 g/mol. The SMILES string of the molecule is CNc1ccc([N+](=O)[O-])cc1C(=O)OCC(=O)Nc1ccc(OC)c(Cl)c1. The largest absolute Gasteiger partial charge is 0.495 e. The summed E-state index contributed by atoms with van der Waals surface area (Å²) >= 11 is 5.97. The van der Waals surface area contributed by atoms with Crippen LogP contribution in [0.4, 0.5) is 17.1 Å². The maximum atomic E-state index is 12.2. The monoisotopic (exact) mass is 393 g/mol. The number of non-ortho nitro benzene ring substituents is 1. The second-order valence-electron chi connectivity index (χ2n) is 5.21. The van der Waals surface area contributed by atoms with Gasteiger partial charge in [0.2, 0.25) is 0 Å². The molecule has 0 bridgehead atoms. The molecule has 2 N–H and O–H groups in total. The Kier molecular flexibility index (Phi) is 6.56. The number of rotatable bonds is 7. The normalized spacial score (nSPS) is 10.0. The van der Waals surface area contributed by atoms with Crippen LogP contribution in [-0.2, 0) is 9.53 Å². The minimum Gasteiger partial charge on any atom is -0.495 e. The predicted molar refractivity (Wildman–Crippen MR) is 99.6 cm³/mol. The van der Waals surface area contributed by atoms with Gasteiger partial charge in [0.15, 0.2) is 6.61 Å². The van der Waals surface area contributed by atoms with E-state index in [4.69, 9.17) is 21.1 Å². The molecule has 0 heterocycles. The molecule has 0 aromatic heterocycles. The minimum absolute atomic E-state index is 0.0491. The molecule has 0 spiro atoms. The van der Waals surface area contributed by atoms with Crippen LogP contribution in [0.2, 0.25) is 5.02 Å². The number of esters is 1. The summed E-state index contributed by atoms with van der Waals surface area (Å²) in [6.45, 7) is -0.575. The Morgan fingerprint density at radius 1 is 1.22 bits per heavy atom. The average molecular weight is 394 g/mol. The molecule has 1 amide bonds. The van der Waals surface area contributed by atoms with Gasteiger partial charge in [-0.25, -0.2) is 4.79 Å². The number of anilines is 2. The van der Waals surface area contributed by atoms with Crippen molar-refractivity contribution in [2.75, 3.05) is 31.4 Å². The highest BCUT2D eigenvalue weighted by atomic mass is 35.5. The van der Waals surface area contributed by atoms with Crippen LogP contribution in [0.5, 0.6) is 5.75 Å². The summed E-state index contributed by atoms with van der Waals surface area (Å²) < 4.78 is 9.96. The van der Waals surface area contributed by atoms with E-state index in [9.17, 15) is 19.7 Å². The van der Waals surface area contributed by atoms with E-state index in [1.165, 1.54) is 25.3 Å². The lowest BCUT2D eigenvalue weighted by molar-refractivity contribution is -0.384. The first-order valence-electron chi connectivity index (χ1n) is 7.62. The summed E-state index contributed by atoms with van der Waals surface area (Å²) in [5.41, 5.74) is 0.423. The number of methoxy groups -OCH3 is 1. The Balaban J connectivity index is 2.02. The lowest BCUT2D eigenvalue weighted by Crippen LogP contribution is -2.21. The molecule has 0 fully saturated rings. The van der Waals surface area contributed by atoms with E-state index < -0.39 is 23.4 Å². The van der Waals surface area contributed by atoms with Gasteiger partial charge < -0.3 is 20.1 Å². The molecule has 10 heteroatoms. The van der Waals surface area contributed by atoms with Gasteiger partial charge in [-0.1, -0.05) is 11.6 Å². The second kappa shape index (κ2) is 8.86. The van der Waals surface area contributed by atoms with Crippen LogP contribution in [0.1, 0.15) is 10.4 Å². The van der Waals surface area contributed by atoms with E-state index in [-0.39, 0.29) is 11.3 Å². The number of nitrogens with zero attached hydrogens (tertiary/aromatic N) is 1.